The predicted molar refractivity (Wildman–Crippen MR) is 73.3 cm³/mol. The normalized spacial score (nSPS) is 26.7. The molecule has 0 radical (unpaired) electrons. The van der Waals surface area contributed by atoms with Crippen LogP contribution in [0.15, 0.2) is 24.5 Å². The molecule has 1 aliphatic carbocycles. The zero-order chi connectivity index (χ0) is 13.2. The van der Waals surface area contributed by atoms with Crippen molar-refractivity contribution >= 4 is 5.91 Å². The molecule has 4 heteroatoms. The quantitative estimate of drug-likeness (QED) is 0.884. The van der Waals surface area contributed by atoms with Gasteiger partial charge in [0.1, 0.15) is 0 Å². The number of carbonyl (C=O) groups excluding carboxylic acids is 1. The average Bonchev–Trinajstić information content (AvgIpc) is 3.20. The number of hydrogen-bond donors (Lipinski definition) is 1. The second-order valence-corrected chi connectivity index (χ2v) is 5.82. The summed E-state index contributed by atoms with van der Waals surface area (Å²) in [7, 11) is 0. The monoisotopic (exact) mass is 259 g/mol. The number of aryl methyl sites for hydroxylation is 1. The molecule has 1 aromatic heterocycles. The summed E-state index contributed by atoms with van der Waals surface area (Å²) in [6.07, 6.45) is 7.52. The van der Waals surface area contributed by atoms with Crippen molar-refractivity contribution in [1.82, 2.24) is 9.88 Å². The summed E-state index contributed by atoms with van der Waals surface area (Å²) in [4.78, 5) is 18.2. The Balaban J connectivity index is 1.51. The van der Waals surface area contributed by atoms with Gasteiger partial charge in [0.2, 0.25) is 5.91 Å². The van der Waals surface area contributed by atoms with Gasteiger partial charge in [-0.1, -0.05) is 0 Å². The van der Waals surface area contributed by atoms with E-state index in [2.05, 4.69) is 4.98 Å². The highest BCUT2D eigenvalue weighted by Gasteiger charge is 2.41. The number of rotatable bonds is 4. The number of nitrogens with zero attached hydrogens (tertiary/aromatic N) is 2. The van der Waals surface area contributed by atoms with Gasteiger partial charge in [-0.15, -0.1) is 0 Å². The Kier molecular flexibility index (Phi) is 3.51. The molecule has 2 N–H and O–H groups in total. The maximum atomic E-state index is 12.2. The molecule has 1 saturated heterocycles. The average molecular weight is 259 g/mol. The second kappa shape index (κ2) is 5.29. The molecule has 1 amide bonds. The summed E-state index contributed by atoms with van der Waals surface area (Å²) in [5.74, 6) is 1.58. The van der Waals surface area contributed by atoms with E-state index in [1.54, 1.807) is 12.4 Å². The first-order valence-electron chi connectivity index (χ1n) is 7.16. The van der Waals surface area contributed by atoms with Gasteiger partial charge in [0.05, 0.1) is 0 Å². The van der Waals surface area contributed by atoms with E-state index in [0.29, 0.717) is 12.3 Å². The van der Waals surface area contributed by atoms with Crippen LogP contribution in [0.3, 0.4) is 0 Å². The SMILES string of the molecule is N[C@H]1CN(C(=O)CCc2ccncc2)C[C@@H]1C1CC1. The predicted octanol–water partition coefficient (Wildman–Crippen LogP) is 1.21. The van der Waals surface area contributed by atoms with Crippen LogP contribution in [0.5, 0.6) is 0 Å². The first-order valence-corrected chi connectivity index (χ1v) is 7.16. The van der Waals surface area contributed by atoms with E-state index in [4.69, 9.17) is 5.73 Å². The Bertz CT molecular complexity index is 444. The van der Waals surface area contributed by atoms with Gasteiger partial charge in [0.25, 0.3) is 0 Å². The lowest BCUT2D eigenvalue weighted by molar-refractivity contribution is -0.130. The number of nitrogens with two attached hydrogens (primary N) is 1. The Labute approximate surface area is 114 Å². The molecule has 4 nitrogen and oxygen atoms in total. The van der Waals surface area contributed by atoms with Crippen LogP contribution in [0.2, 0.25) is 0 Å². The van der Waals surface area contributed by atoms with Crippen molar-refractivity contribution in [2.45, 2.75) is 31.7 Å². The van der Waals surface area contributed by atoms with E-state index in [0.717, 1.165) is 25.4 Å². The molecule has 19 heavy (non-hydrogen) atoms. The molecule has 2 atom stereocenters. The largest absolute Gasteiger partial charge is 0.341 e. The minimum Gasteiger partial charge on any atom is -0.341 e. The summed E-state index contributed by atoms with van der Waals surface area (Å²) in [5.41, 5.74) is 7.33. The second-order valence-electron chi connectivity index (χ2n) is 5.82. The van der Waals surface area contributed by atoms with Crippen LogP contribution in [0.25, 0.3) is 0 Å². The molecule has 2 heterocycles. The van der Waals surface area contributed by atoms with Crippen LogP contribution in [-0.4, -0.2) is 34.9 Å². The van der Waals surface area contributed by atoms with E-state index >= 15 is 0 Å². The number of hydrogen-bond acceptors (Lipinski definition) is 3. The third kappa shape index (κ3) is 2.95. The van der Waals surface area contributed by atoms with Crippen molar-refractivity contribution in [1.29, 1.82) is 0 Å². The molecule has 1 aliphatic heterocycles. The maximum Gasteiger partial charge on any atom is 0.222 e. The van der Waals surface area contributed by atoms with Gasteiger partial charge >= 0.3 is 0 Å². The maximum absolute atomic E-state index is 12.2. The standard InChI is InChI=1S/C15H21N3O/c16-14-10-18(9-13(14)12-2-3-12)15(19)4-1-11-5-7-17-8-6-11/h5-8,12-14H,1-4,9-10,16H2/t13-,14+/m1/s1. The highest BCUT2D eigenvalue weighted by atomic mass is 16.2. The molecule has 1 saturated carbocycles. The number of likely N-dealkylation sites (tertiary alicyclic amines) is 1. The lowest BCUT2D eigenvalue weighted by Gasteiger charge is -2.16. The van der Waals surface area contributed by atoms with E-state index < -0.39 is 0 Å². The summed E-state index contributed by atoms with van der Waals surface area (Å²) < 4.78 is 0. The molecule has 0 spiro atoms. The van der Waals surface area contributed by atoms with Gasteiger partial charge < -0.3 is 10.6 Å². The fourth-order valence-corrected chi connectivity index (χ4v) is 3.04. The molecule has 0 bridgehead atoms. The first-order chi connectivity index (χ1) is 9.24. The summed E-state index contributed by atoms with van der Waals surface area (Å²) >= 11 is 0. The van der Waals surface area contributed by atoms with Crippen LogP contribution < -0.4 is 5.73 Å². The molecule has 102 valence electrons. The molecular formula is C15H21N3O. The van der Waals surface area contributed by atoms with Crippen molar-refractivity contribution in [3.63, 3.8) is 0 Å². The summed E-state index contributed by atoms with van der Waals surface area (Å²) in [6, 6.07) is 4.13. The minimum atomic E-state index is 0.192. The minimum absolute atomic E-state index is 0.192. The first kappa shape index (κ1) is 12.6. The molecule has 0 unspecified atom stereocenters. The van der Waals surface area contributed by atoms with Crippen molar-refractivity contribution in [3.8, 4) is 0 Å². The van der Waals surface area contributed by atoms with Crippen molar-refractivity contribution in [3.05, 3.63) is 30.1 Å². The number of aromatic nitrogens is 1. The molecule has 2 fully saturated rings. The zero-order valence-electron chi connectivity index (χ0n) is 11.2. The fourth-order valence-electron chi connectivity index (χ4n) is 3.04. The lowest BCUT2D eigenvalue weighted by atomic mass is 9.99. The lowest BCUT2D eigenvalue weighted by Crippen LogP contribution is -2.32. The van der Waals surface area contributed by atoms with Crippen molar-refractivity contribution in [2.24, 2.45) is 17.6 Å². The third-order valence-electron chi connectivity index (χ3n) is 4.37. The van der Waals surface area contributed by atoms with Gasteiger partial charge in [-0.2, -0.15) is 0 Å². The van der Waals surface area contributed by atoms with Crippen molar-refractivity contribution < 1.29 is 4.79 Å². The third-order valence-corrected chi connectivity index (χ3v) is 4.37. The van der Waals surface area contributed by atoms with Crippen LogP contribution >= 0.6 is 0 Å². The van der Waals surface area contributed by atoms with Gasteiger partial charge in [0.15, 0.2) is 0 Å². The molecular weight excluding hydrogens is 238 g/mol. The molecule has 1 aromatic rings. The Morgan fingerprint density at radius 1 is 1.32 bits per heavy atom. The van der Waals surface area contributed by atoms with Crippen LogP contribution in [0, 0.1) is 11.8 Å². The smallest absolute Gasteiger partial charge is 0.222 e. The number of amides is 1. The van der Waals surface area contributed by atoms with Gasteiger partial charge in [0, 0.05) is 37.9 Å². The van der Waals surface area contributed by atoms with Crippen molar-refractivity contribution in [2.75, 3.05) is 13.1 Å². The van der Waals surface area contributed by atoms with Gasteiger partial charge in [-0.05, 0) is 48.8 Å². The van der Waals surface area contributed by atoms with E-state index in [1.165, 1.54) is 18.4 Å². The fraction of sp³-hybridized carbons (Fsp3) is 0.600. The molecule has 3 rings (SSSR count). The topological polar surface area (TPSA) is 59.2 Å². The van der Waals surface area contributed by atoms with E-state index in [1.807, 2.05) is 17.0 Å². The number of carbonyl (C=O) groups is 1. The number of pyridine rings is 1. The van der Waals surface area contributed by atoms with E-state index in [9.17, 15) is 4.79 Å². The van der Waals surface area contributed by atoms with Gasteiger partial charge in [-0.3, -0.25) is 9.78 Å². The summed E-state index contributed by atoms with van der Waals surface area (Å²) in [5, 5.41) is 0. The Morgan fingerprint density at radius 3 is 2.74 bits per heavy atom. The van der Waals surface area contributed by atoms with Crippen LogP contribution in [-0.2, 0) is 11.2 Å². The highest BCUT2D eigenvalue weighted by molar-refractivity contribution is 5.76. The van der Waals surface area contributed by atoms with Crippen LogP contribution in [0.1, 0.15) is 24.8 Å². The Hall–Kier alpha value is -1.42. The zero-order valence-corrected chi connectivity index (χ0v) is 11.2. The van der Waals surface area contributed by atoms with Gasteiger partial charge in [-0.25, -0.2) is 0 Å². The van der Waals surface area contributed by atoms with Crippen LogP contribution in [0.4, 0.5) is 0 Å². The highest BCUT2D eigenvalue weighted by Crippen LogP contribution is 2.40. The molecule has 0 aromatic carbocycles. The Morgan fingerprint density at radius 2 is 2.05 bits per heavy atom. The summed E-state index contributed by atoms with van der Waals surface area (Å²) in [6.45, 7) is 1.62. The van der Waals surface area contributed by atoms with E-state index in [-0.39, 0.29) is 11.9 Å². The molecule has 2 aliphatic rings.